The van der Waals surface area contributed by atoms with Crippen molar-refractivity contribution in [3.8, 4) is 0 Å². The van der Waals surface area contributed by atoms with Gasteiger partial charge in [0, 0.05) is 6.92 Å². The zero-order valence-electron chi connectivity index (χ0n) is 9.51. The summed E-state index contributed by atoms with van der Waals surface area (Å²) >= 11 is 0. The molecule has 1 rings (SSSR count). The van der Waals surface area contributed by atoms with E-state index in [4.69, 9.17) is 4.74 Å². The number of hydrogen-bond acceptors (Lipinski definition) is 3. The largest absolute Gasteiger partial charge is 0.455 e. The molecule has 0 fully saturated rings. The summed E-state index contributed by atoms with van der Waals surface area (Å²) in [4.78, 5) is 10.9. The fraction of sp³-hybridized carbons (Fsp3) is 0.308. The third-order valence-electron chi connectivity index (χ3n) is 2.42. The first kappa shape index (κ1) is 12.5. The van der Waals surface area contributed by atoms with Crippen molar-refractivity contribution in [2.24, 2.45) is 0 Å². The quantitative estimate of drug-likeness (QED) is 0.623. The number of esters is 1. The summed E-state index contributed by atoms with van der Waals surface area (Å²) < 4.78 is 5.01. The maximum atomic E-state index is 10.9. The first-order valence-corrected chi connectivity index (χ1v) is 5.06. The van der Waals surface area contributed by atoms with Crippen LogP contribution in [0.2, 0.25) is 0 Å². The SMILES string of the molecule is C=C[C@@H](OC(C)=O)[C@@](C)(O)c1ccccc1. The van der Waals surface area contributed by atoms with Crippen LogP contribution in [-0.2, 0) is 15.1 Å². The molecule has 3 heteroatoms. The first-order chi connectivity index (χ1) is 7.48. The third-order valence-corrected chi connectivity index (χ3v) is 2.42. The fourth-order valence-corrected chi connectivity index (χ4v) is 1.51. The number of aliphatic hydroxyl groups is 1. The Morgan fingerprint density at radius 2 is 2.06 bits per heavy atom. The van der Waals surface area contributed by atoms with Crippen LogP contribution in [0.5, 0.6) is 0 Å². The average molecular weight is 220 g/mol. The van der Waals surface area contributed by atoms with E-state index in [2.05, 4.69) is 6.58 Å². The van der Waals surface area contributed by atoms with E-state index in [1.165, 1.54) is 13.0 Å². The van der Waals surface area contributed by atoms with Gasteiger partial charge in [0.05, 0.1) is 0 Å². The molecule has 1 aromatic carbocycles. The zero-order valence-corrected chi connectivity index (χ0v) is 9.51. The topological polar surface area (TPSA) is 46.5 Å². The summed E-state index contributed by atoms with van der Waals surface area (Å²) in [7, 11) is 0. The summed E-state index contributed by atoms with van der Waals surface area (Å²) in [5.74, 6) is -0.443. The van der Waals surface area contributed by atoms with Gasteiger partial charge in [0.15, 0.2) is 6.10 Å². The minimum atomic E-state index is -1.27. The van der Waals surface area contributed by atoms with Crippen LogP contribution in [0.3, 0.4) is 0 Å². The van der Waals surface area contributed by atoms with Gasteiger partial charge in [-0.05, 0) is 18.6 Å². The Kier molecular flexibility index (Phi) is 3.85. The van der Waals surface area contributed by atoms with Crippen LogP contribution in [0.25, 0.3) is 0 Å². The standard InChI is InChI=1S/C13H16O3/c1-4-12(16-10(2)14)13(3,15)11-8-6-5-7-9-11/h4-9,12,15H,1H2,2-3H3/t12-,13+/m1/s1. The Bertz CT molecular complexity index is 368. The van der Waals surface area contributed by atoms with E-state index in [0.29, 0.717) is 5.56 Å². The lowest BCUT2D eigenvalue weighted by molar-refractivity contribution is -0.156. The predicted octanol–water partition coefficient (Wildman–Crippen LogP) is 2.01. The van der Waals surface area contributed by atoms with Crippen LogP contribution >= 0.6 is 0 Å². The van der Waals surface area contributed by atoms with Gasteiger partial charge in [0.1, 0.15) is 5.60 Å². The lowest BCUT2D eigenvalue weighted by Gasteiger charge is -2.30. The van der Waals surface area contributed by atoms with Crippen LogP contribution in [-0.4, -0.2) is 17.2 Å². The van der Waals surface area contributed by atoms with Gasteiger partial charge < -0.3 is 9.84 Å². The molecule has 0 aliphatic carbocycles. The van der Waals surface area contributed by atoms with E-state index >= 15 is 0 Å². The van der Waals surface area contributed by atoms with Gasteiger partial charge in [-0.3, -0.25) is 4.79 Å². The van der Waals surface area contributed by atoms with Crippen molar-refractivity contribution in [1.82, 2.24) is 0 Å². The van der Waals surface area contributed by atoms with E-state index in [9.17, 15) is 9.90 Å². The Morgan fingerprint density at radius 1 is 1.50 bits per heavy atom. The highest BCUT2D eigenvalue weighted by Gasteiger charge is 2.33. The summed E-state index contributed by atoms with van der Waals surface area (Å²) in [6, 6.07) is 9.05. The molecule has 0 amide bonds. The molecule has 0 unspecified atom stereocenters. The van der Waals surface area contributed by atoms with Crippen LogP contribution in [0, 0.1) is 0 Å². The third kappa shape index (κ3) is 2.70. The predicted molar refractivity (Wildman–Crippen MR) is 61.8 cm³/mol. The second kappa shape index (κ2) is 4.94. The molecule has 1 N–H and O–H groups in total. The Hall–Kier alpha value is -1.61. The summed E-state index contributed by atoms with van der Waals surface area (Å²) in [6.45, 7) is 6.47. The fourth-order valence-electron chi connectivity index (χ4n) is 1.51. The minimum absolute atomic E-state index is 0.443. The number of carbonyl (C=O) groups is 1. The molecule has 2 atom stereocenters. The number of hydrogen-bond donors (Lipinski definition) is 1. The summed E-state index contributed by atoms with van der Waals surface area (Å²) in [5.41, 5.74) is -0.588. The minimum Gasteiger partial charge on any atom is -0.455 e. The van der Waals surface area contributed by atoms with Gasteiger partial charge in [0.25, 0.3) is 0 Å². The van der Waals surface area contributed by atoms with Gasteiger partial charge in [-0.2, -0.15) is 0 Å². The van der Waals surface area contributed by atoms with Crippen LogP contribution in [0.4, 0.5) is 0 Å². The Morgan fingerprint density at radius 3 is 2.50 bits per heavy atom. The highest BCUT2D eigenvalue weighted by Crippen LogP contribution is 2.27. The van der Waals surface area contributed by atoms with Crippen LogP contribution in [0.15, 0.2) is 43.0 Å². The van der Waals surface area contributed by atoms with E-state index in [1.54, 1.807) is 19.1 Å². The number of rotatable bonds is 4. The average Bonchev–Trinajstić information content (AvgIpc) is 2.26. The van der Waals surface area contributed by atoms with E-state index < -0.39 is 17.7 Å². The highest BCUT2D eigenvalue weighted by molar-refractivity contribution is 5.66. The molecule has 0 radical (unpaired) electrons. The van der Waals surface area contributed by atoms with Crippen molar-refractivity contribution in [3.63, 3.8) is 0 Å². The van der Waals surface area contributed by atoms with E-state index in [-0.39, 0.29) is 0 Å². The first-order valence-electron chi connectivity index (χ1n) is 5.06. The molecule has 1 aromatic rings. The maximum Gasteiger partial charge on any atom is 0.303 e. The molecule has 0 saturated carbocycles. The van der Waals surface area contributed by atoms with Crippen molar-refractivity contribution < 1.29 is 14.6 Å². The van der Waals surface area contributed by atoms with E-state index in [1.807, 2.05) is 18.2 Å². The number of carbonyl (C=O) groups excluding carboxylic acids is 1. The lowest BCUT2D eigenvalue weighted by Crippen LogP contribution is -2.38. The molecule has 3 nitrogen and oxygen atoms in total. The second-order valence-corrected chi connectivity index (χ2v) is 3.78. The molecule has 0 aromatic heterocycles. The molecule has 0 saturated heterocycles. The Labute approximate surface area is 95.4 Å². The smallest absolute Gasteiger partial charge is 0.303 e. The van der Waals surface area contributed by atoms with Gasteiger partial charge in [-0.1, -0.05) is 36.9 Å². The van der Waals surface area contributed by atoms with Crippen LogP contribution < -0.4 is 0 Å². The second-order valence-electron chi connectivity index (χ2n) is 3.78. The highest BCUT2D eigenvalue weighted by atomic mass is 16.6. The van der Waals surface area contributed by atoms with E-state index in [0.717, 1.165) is 0 Å². The van der Waals surface area contributed by atoms with Gasteiger partial charge in [-0.25, -0.2) is 0 Å². The van der Waals surface area contributed by atoms with Crippen molar-refractivity contribution in [2.75, 3.05) is 0 Å². The summed E-state index contributed by atoms with van der Waals surface area (Å²) in [5, 5.41) is 10.3. The summed E-state index contributed by atoms with van der Waals surface area (Å²) in [6.07, 6.45) is 0.668. The Balaban J connectivity index is 2.98. The van der Waals surface area contributed by atoms with Gasteiger partial charge in [0.2, 0.25) is 0 Å². The van der Waals surface area contributed by atoms with Crippen molar-refractivity contribution >= 4 is 5.97 Å². The van der Waals surface area contributed by atoms with Crippen molar-refractivity contribution in [3.05, 3.63) is 48.6 Å². The molecule has 0 aliphatic heterocycles. The zero-order chi connectivity index (χ0) is 12.2. The maximum absolute atomic E-state index is 10.9. The molecular formula is C13H16O3. The molecular weight excluding hydrogens is 204 g/mol. The van der Waals surface area contributed by atoms with Gasteiger partial charge in [-0.15, -0.1) is 0 Å². The number of benzene rings is 1. The van der Waals surface area contributed by atoms with Crippen molar-refractivity contribution in [2.45, 2.75) is 25.6 Å². The molecule has 0 bridgehead atoms. The van der Waals surface area contributed by atoms with Crippen molar-refractivity contribution in [1.29, 1.82) is 0 Å². The van der Waals surface area contributed by atoms with Gasteiger partial charge >= 0.3 is 5.97 Å². The lowest BCUT2D eigenvalue weighted by atomic mass is 9.90. The molecule has 0 aliphatic rings. The molecule has 0 spiro atoms. The number of ether oxygens (including phenoxy) is 1. The monoisotopic (exact) mass is 220 g/mol. The molecule has 86 valence electrons. The van der Waals surface area contributed by atoms with Crippen LogP contribution in [0.1, 0.15) is 19.4 Å². The normalized spacial score (nSPS) is 15.9. The molecule has 0 heterocycles. The molecule has 16 heavy (non-hydrogen) atoms.